The standard InChI is InChI=1S/C13H9F2N3O3/c14-8-2-1-3-11(12(8)13(16)17)21-7-4-5-10(18(19)20)9(15)6-7/h1-6H,(H3,16,17). The van der Waals surface area contributed by atoms with Gasteiger partial charge in [0, 0.05) is 12.1 Å². The van der Waals surface area contributed by atoms with Crippen LogP contribution < -0.4 is 10.5 Å². The first-order chi connectivity index (χ1) is 9.90. The first-order valence-electron chi connectivity index (χ1n) is 5.65. The van der Waals surface area contributed by atoms with Crippen LogP contribution >= 0.6 is 0 Å². The van der Waals surface area contributed by atoms with Gasteiger partial charge in [0.1, 0.15) is 23.2 Å². The fraction of sp³-hybridized carbons (Fsp3) is 0. The Balaban J connectivity index is 2.39. The number of nitrogens with two attached hydrogens (primary N) is 1. The maximum absolute atomic E-state index is 13.6. The van der Waals surface area contributed by atoms with Gasteiger partial charge in [-0.05, 0) is 18.2 Å². The number of nitrogen functional groups attached to an aromatic ring is 1. The highest BCUT2D eigenvalue weighted by Gasteiger charge is 2.17. The number of nitrogens with zero attached hydrogens (tertiary/aromatic N) is 1. The third kappa shape index (κ3) is 2.94. The van der Waals surface area contributed by atoms with Crippen molar-refractivity contribution in [1.29, 1.82) is 5.41 Å². The monoisotopic (exact) mass is 293 g/mol. The summed E-state index contributed by atoms with van der Waals surface area (Å²) in [5.41, 5.74) is 4.29. The van der Waals surface area contributed by atoms with Crippen LogP contribution in [0.25, 0.3) is 0 Å². The predicted molar refractivity (Wildman–Crippen MR) is 70.5 cm³/mol. The van der Waals surface area contributed by atoms with Crippen molar-refractivity contribution in [3.05, 3.63) is 63.7 Å². The predicted octanol–water partition coefficient (Wildman–Crippen LogP) is 2.95. The Kier molecular flexibility index (Phi) is 3.79. The van der Waals surface area contributed by atoms with Gasteiger partial charge in [-0.3, -0.25) is 15.5 Å². The Morgan fingerprint density at radius 2 is 1.95 bits per heavy atom. The first-order valence-corrected chi connectivity index (χ1v) is 5.65. The number of halogens is 2. The lowest BCUT2D eigenvalue weighted by molar-refractivity contribution is -0.387. The third-order valence-electron chi connectivity index (χ3n) is 2.59. The molecule has 2 aromatic carbocycles. The van der Waals surface area contributed by atoms with Crippen LogP contribution in [0, 0.1) is 27.2 Å². The van der Waals surface area contributed by atoms with Crippen LogP contribution in [0.4, 0.5) is 14.5 Å². The quantitative estimate of drug-likeness (QED) is 0.391. The fourth-order valence-corrected chi connectivity index (χ4v) is 1.68. The van der Waals surface area contributed by atoms with Gasteiger partial charge in [0.05, 0.1) is 10.5 Å². The van der Waals surface area contributed by atoms with Gasteiger partial charge in [0.25, 0.3) is 0 Å². The number of benzene rings is 2. The lowest BCUT2D eigenvalue weighted by Crippen LogP contribution is -2.14. The molecule has 0 saturated carbocycles. The molecular formula is C13H9F2N3O3. The lowest BCUT2D eigenvalue weighted by Gasteiger charge is -2.10. The zero-order valence-electron chi connectivity index (χ0n) is 10.5. The van der Waals surface area contributed by atoms with Crippen molar-refractivity contribution in [2.45, 2.75) is 0 Å². The van der Waals surface area contributed by atoms with Crippen molar-refractivity contribution in [2.24, 2.45) is 5.73 Å². The van der Waals surface area contributed by atoms with Crippen molar-refractivity contribution in [1.82, 2.24) is 0 Å². The van der Waals surface area contributed by atoms with E-state index in [1.165, 1.54) is 12.1 Å². The number of hydrogen-bond acceptors (Lipinski definition) is 4. The molecule has 3 N–H and O–H groups in total. The molecule has 0 bridgehead atoms. The summed E-state index contributed by atoms with van der Waals surface area (Å²) in [6.45, 7) is 0. The Hall–Kier alpha value is -3.03. The van der Waals surface area contributed by atoms with E-state index in [-0.39, 0.29) is 17.1 Å². The Bertz CT molecular complexity index is 735. The first kappa shape index (κ1) is 14.4. The molecule has 2 rings (SSSR count). The van der Waals surface area contributed by atoms with E-state index in [0.717, 1.165) is 24.3 Å². The van der Waals surface area contributed by atoms with Crippen LogP contribution in [0.5, 0.6) is 11.5 Å². The van der Waals surface area contributed by atoms with Crippen molar-refractivity contribution in [2.75, 3.05) is 0 Å². The SMILES string of the molecule is N=C(N)c1c(F)cccc1Oc1ccc([N+](=O)[O-])c(F)c1. The minimum atomic E-state index is -1.08. The number of hydrogen-bond donors (Lipinski definition) is 2. The Morgan fingerprint density at radius 1 is 1.24 bits per heavy atom. The van der Waals surface area contributed by atoms with Crippen LogP contribution in [0.3, 0.4) is 0 Å². The van der Waals surface area contributed by atoms with E-state index in [0.29, 0.717) is 0 Å². The topological polar surface area (TPSA) is 102 Å². The maximum atomic E-state index is 13.6. The summed E-state index contributed by atoms with van der Waals surface area (Å²) in [6.07, 6.45) is 0. The number of nitrogens with one attached hydrogen (secondary N) is 1. The van der Waals surface area contributed by atoms with Gasteiger partial charge in [0.2, 0.25) is 5.82 Å². The van der Waals surface area contributed by atoms with E-state index >= 15 is 0 Å². The molecule has 21 heavy (non-hydrogen) atoms. The minimum Gasteiger partial charge on any atom is -0.456 e. The normalized spacial score (nSPS) is 10.2. The summed E-state index contributed by atoms with van der Waals surface area (Å²) in [5, 5.41) is 17.8. The maximum Gasteiger partial charge on any atom is 0.305 e. The molecule has 0 heterocycles. The van der Waals surface area contributed by atoms with Crippen LogP contribution in [-0.4, -0.2) is 10.8 Å². The average Bonchev–Trinajstić information content (AvgIpc) is 2.37. The summed E-state index contributed by atoms with van der Waals surface area (Å²) < 4.78 is 32.3. The zero-order chi connectivity index (χ0) is 15.6. The molecular weight excluding hydrogens is 284 g/mol. The summed E-state index contributed by atoms with van der Waals surface area (Å²) in [5.74, 6) is -2.56. The molecule has 108 valence electrons. The van der Waals surface area contributed by atoms with E-state index in [1.54, 1.807) is 0 Å². The molecule has 0 aliphatic heterocycles. The second-order valence-electron chi connectivity index (χ2n) is 4.00. The van der Waals surface area contributed by atoms with Crippen molar-refractivity contribution in [3.8, 4) is 11.5 Å². The highest BCUT2D eigenvalue weighted by molar-refractivity contribution is 5.98. The van der Waals surface area contributed by atoms with E-state index in [2.05, 4.69) is 0 Å². The number of ether oxygens (including phenoxy) is 1. The van der Waals surface area contributed by atoms with Gasteiger partial charge >= 0.3 is 5.69 Å². The molecule has 0 aromatic heterocycles. The van der Waals surface area contributed by atoms with Crippen molar-refractivity contribution >= 4 is 11.5 Å². The number of nitro benzene ring substituents is 1. The van der Waals surface area contributed by atoms with Crippen molar-refractivity contribution < 1.29 is 18.4 Å². The molecule has 0 saturated heterocycles. The van der Waals surface area contributed by atoms with Crippen LogP contribution in [0.15, 0.2) is 36.4 Å². The molecule has 0 unspecified atom stereocenters. The van der Waals surface area contributed by atoms with Gasteiger partial charge < -0.3 is 10.5 Å². The second-order valence-corrected chi connectivity index (χ2v) is 4.00. The number of nitro groups is 1. The molecule has 0 atom stereocenters. The summed E-state index contributed by atoms with van der Waals surface area (Å²) in [6, 6.07) is 6.67. The molecule has 0 fully saturated rings. The molecule has 0 aliphatic rings. The minimum absolute atomic E-state index is 0.0776. The van der Waals surface area contributed by atoms with Gasteiger partial charge in [-0.2, -0.15) is 4.39 Å². The zero-order valence-corrected chi connectivity index (χ0v) is 10.5. The van der Waals surface area contributed by atoms with Gasteiger partial charge in [-0.25, -0.2) is 4.39 Å². The average molecular weight is 293 g/mol. The van der Waals surface area contributed by atoms with E-state index in [1.807, 2.05) is 0 Å². The lowest BCUT2D eigenvalue weighted by atomic mass is 10.1. The Labute approximate surface area is 117 Å². The molecule has 0 aliphatic carbocycles. The van der Waals surface area contributed by atoms with Gasteiger partial charge in [-0.1, -0.05) is 6.07 Å². The molecule has 0 radical (unpaired) electrons. The van der Waals surface area contributed by atoms with E-state index in [4.69, 9.17) is 15.9 Å². The highest BCUT2D eigenvalue weighted by atomic mass is 19.1. The fourth-order valence-electron chi connectivity index (χ4n) is 1.68. The molecule has 2 aromatic rings. The number of rotatable bonds is 4. The molecule has 0 amide bonds. The Morgan fingerprint density at radius 3 is 2.52 bits per heavy atom. The summed E-state index contributed by atoms with van der Waals surface area (Å²) >= 11 is 0. The summed E-state index contributed by atoms with van der Waals surface area (Å²) in [4.78, 5) is 9.64. The van der Waals surface area contributed by atoms with Crippen molar-refractivity contribution in [3.63, 3.8) is 0 Å². The van der Waals surface area contributed by atoms with Crippen LogP contribution in [-0.2, 0) is 0 Å². The van der Waals surface area contributed by atoms with E-state index < -0.39 is 28.1 Å². The highest BCUT2D eigenvalue weighted by Crippen LogP contribution is 2.29. The number of amidine groups is 1. The largest absolute Gasteiger partial charge is 0.456 e. The molecule has 0 spiro atoms. The van der Waals surface area contributed by atoms with Crippen LogP contribution in [0.2, 0.25) is 0 Å². The summed E-state index contributed by atoms with van der Waals surface area (Å²) in [7, 11) is 0. The molecule has 8 heteroatoms. The third-order valence-corrected chi connectivity index (χ3v) is 2.59. The van der Waals surface area contributed by atoms with Gasteiger partial charge in [-0.15, -0.1) is 0 Å². The van der Waals surface area contributed by atoms with E-state index in [9.17, 15) is 18.9 Å². The van der Waals surface area contributed by atoms with Gasteiger partial charge in [0.15, 0.2) is 0 Å². The van der Waals surface area contributed by atoms with Crippen LogP contribution in [0.1, 0.15) is 5.56 Å². The second kappa shape index (κ2) is 5.53. The smallest absolute Gasteiger partial charge is 0.305 e. The molecule has 6 nitrogen and oxygen atoms in total.